The molecule has 1 aromatic heterocycles. The smallest absolute Gasteiger partial charge is 0.271 e. The lowest BCUT2D eigenvalue weighted by atomic mass is 10.1. The van der Waals surface area contributed by atoms with E-state index in [4.69, 9.17) is 4.42 Å². The minimum absolute atomic E-state index is 0.250. The number of amides is 1. The van der Waals surface area contributed by atoms with Gasteiger partial charge in [-0.3, -0.25) is 4.79 Å². The summed E-state index contributed by atoms with van der Waals surface area (Å²) in [7, 11) is 0. The van der Waals surface area contributed by atoms with Crippen molar-refractivity contribution in [3.63, 3.8) is 0 Å². The van der Waals surface area contributed by atoms with Crippen molar-refractivity contribution in [2.45, 2.75) is 6.92 Å². The van der Waals surface area contributed by atoms with Gasteiger partial charge in [-0.1, -0.05) is 48.0 Å². The quantitative estimate of drug-likeness (QED) is 0.584. The lowest BCUT2D eigenvalue weighted by molar-refractivity contribution is 0.0955. The van der Waals surface area contributed by atoms with E-state index in [0.29, 0.717) is 11.3 Å². The van der Waals surface area contributed by atoms with Gasteiger partial charge >= 0.3 is 0 Å². The van der Waals surface area contributed by atoms with Crippen LogP contribution in [0.4, 0.5) is 0 Å². The highest BCUT2D eigenvalue weighted by molar-refractivity contribution is 5.94. The first-order valence-corrected chi connectivity index (χ1v) is 7.28. The first-order valence-electron chi connectivity index (χ1n) is 7.28. The third kappa shape index (κ3) is 3.74. The van der Waals surface area contributed by atoms with Crippen molar-refractivity contribution in [1.82, 2.24) is 5.43 Å². The van der Waals surface area contributed by atoms with Crippen LogP contribution < -0.4 is 5.43 Å². The van der Waals surface area contributed by atoms with Crippen LogP contribution in [0.5, 0.6) is 0 Å². The molecule has 0 aliphatic carbocycles. The summed E-state index contributed by atoms with van der Waals surface area (Å²) < 4.78 is 5.68. The Balaban J connectivity index is 1.65. The monoisotopic (exact) mass is 304 g/mol. The molecule has 0 saturated heterocycles. The van der Waals surface area contributed by atoms with Crippen molar-refractivity contribution < 1.29 is 9.21 Å². The third-order valence-electron chi connectivity index (χ3n) is 3.32. The molecule has 0 atom stereocenters. The molecule has 0 radical (unpaired) electrons. The summed E-state index contributed by atoms with van der Waals surface area (Å²) in [6, 6.07) is 20.8. The van der Waals surface area contributed by atoms with E-state index < -0.39 is 0 Å². The molecule has 1 heterocycles. The van der Waals surface area contributed by atoms with Crippen molar-refractivity contribution in [1.29, 1.82) is 0 Å². The molecule has 0 saturated carbocycles. The van der Waals surface area contributed by atoms with Crippen LogP contribution >= 0.6 is 0 Å². The van der Waals surface area contributed by atoms with E-state index in [1.54, 1.807) is 6.07 Å². The highest BCUT2D eigenvalue weighted by Gasteiger charge is 2.04. The van der Waals surface area contributed by atoms with Gasteiger partial charge in [-0.2, -0.15) is 5.10 Å². The van der Waals surface area contributed by atoms with Gasteiger partial charge in [0.1, 0.15) is 11.5 Å². The maximum Gasteiger partial charge on any atom is 0.271 e. The molecular formula is C19H16N2O2. The summed E-state index contributed by atoms with van der Waals surface area (Å²) in [6.45, 7) is 1.94. The second kappa shape index (κ2) is 6.75. The average Bonchev–Trinajstić information content (AvgIpc) is 3.04. The van der Waals surface area contributed by atoms with Crippen molar-refractivity contribution in [2.75, 3.05) is 0 Å². The molecule has 1 N–H and O–H groups in total. The molecule has 1 amide bonds. The van der Waals surface area contributed by atoms with Crippen molar-refractivity contribution in [3.05, 3.63) is 83.6 Å². The number of carbonyl (C=O) groups is 1. The molecule has 0 aliphatic rings. The van der Waals surface area contributed by atoms with Crippen LogP contribution in [0, 0.1) is 6.92 Å². The van der Waals surface area contributed by atoms with E-state index in [1.807, 2.05) is 67.6 Å². The first kappa shape index (κ1) is 14.8. The minimum Gasteiger partial charge on any atom is -0.455 e. The summed E-state index contributed by atoms with van der Waals surface area (Å²) in [6.07, 6.45) is 1.49. The summed E-state index contributed by atoms with van der Waals surface area (Å²) >= 11 is 0. The van der Waals surface area contributed by atoms with Gasteiger partial charge in [0.05, 0.1) is 6.21 Å². The SMILES string of the molecule is Cc1cccc(C(=O)N/N=C\c2ccc(-c3ccccc3)o2)c1. The van der Waals surface area contributed by atoms with Crippen LogP contribution in [0.1, 0.15) is 21.7 Å². The average molecular weight is 304 g/mol. The Hall–Kier alpha value is -3.14. The second-order valence-corrected chi connectivity index (χ2v) is 5.14. The molecule has 0 bridgehead atoms. The van der Waals surface area contributed by atoms with Gasteiger partial charge < -0.3 is 4.42 Å². The Bertz CT molecular complexity index is 835. The van der Waals surface area contributed by atoms with Gasteiger partial charge in [-0.25, -0.2) is 5.43 Å². The Morgan fingerprint density at radius 1 is 1.04 bits per heavy atom. The maximum atomic E-state index is 12.0. The Morgan fingerprint density at radius 3 is 2.65 bits per heavy atom. The number of benzene rings is 2. The lowest BCUT2D eigenvalue weighted by Gasteiger charge is -2.00. The molecule has 3 aromatic rings. The van der Waals surface area contributed by atoms with E-state index in [-0.39, 0.29) is 5.91 Å². The topological polar surface area (TPSA) is 54.6 Å². The zero-order valence-electron chi connectivity index (χ0n) is 12.7. The highest BCUT2D eigenvalue weighted by atomic mass is 16.3. The van der Waals surface area contributed by atoms with Crippen LogP contribution in [-0.4, -0.2) is 12.1 Å². The predicted octanol–water partition coefficient (Wildman–Crippen LogP) is 4.02. The fourth-order valence-electron chi connectivity index (χ4n) is 2.19. The summed E-state index contributed by atoms with van der Waals surface area (Å²) in [4.78, 5) is 12.0. The number of nitrogens with zero attached hydrogens (tertiary/aromatic N) is 1. The van der Waals surface area contributed by atoms with Crippen molar-refractivity contribution in [3.8, 4) is 11.3 Å². The van der Waals surface area contributed by atoms with Crippen LogP contribution in [-0.2, 0) is 0 Å². The number of rotatable bonds is 4. The summed E-state index contributed by atoms with van der Waals surface area (Å²) in [5.41, 5.74) is 5.09. The fraction of sp³-hybridized carbons (Fsp3) is 0.0526. The molecule has 114 valence electrons. The van der Waals surface area contributed by atoms with Gasteiger partial charge in [0.2, 0.25) is 0 Å². The molecule has 3 rings (SSSR count). The standard InChI is InChI=1S/C19H16N2O2/c1-14-6-5-9-16(12-14)19(22)21-20-13-17-10-11-18(23-17)15-7-3-2-4-8-15/h2-13H,1H3,(H,21,22)/b20-13-. The Kier molecular flexibility index (Phi) is 4.34. The maximum absolute atomic E-state index is 12.0. The van der Waals surface area contributed by atoms with Gasteiger partial charge in [0, 0.05) is 11.1 Å². The molecule has 4 nitrogen and oxygen atoms in total. The van der Waals surface area contributed by atoms with E-state index in [9.17, 15) is 4.79 Å². The zero-order chi connectivity index (χ0) is 16.1. The molecule has 0 spiro atoms. The zero-order valence-corrected chi connectivity index (χ0v) is 12.7. The lowest BCUT2D eigenvalue weighted by Crippen LogP contribution is -2.17. The van der Waals surface area contributed by atoms with Gasteiger partial charge in [0.15, 0.2) is 0 Å². The Labute approximate surface area is 134 Å². The number of furan rings is 1. The highest BCUT2D eigenvalue weighted by Crippen LogP contribution is 2.20. The number of nitrogens with one attached hydrogen (secondary N) is 1. The number of aryl methyl sites for hydroxylation is 1. The van der Waals surface area contributed by atoms with Crippen LogP contribution in [0.25, 0.3) is 11.3 Å². The van der Waals surface area contributed by atoms with Gasteiger partial charge in [-0.05, 0) is 31.2 Å². The van der Waals surface area contributed by atoms with Crippen LogP contribution in [0.15, 0.2) is 76.2 Å². The minimum atomic E-state index is -0.250. The molecule has 0 unspecified atom stereocenters. The van der Waals surface area contributed by atoms with Gasteiger partial charge in [0.25, 0.3) is 5.91 Å². The number of hydrazone groups is 1. The fourth-order valence-corrected chi connectivity index (χ4v) is 2.19. The summed E-state index contributed by atoms with van der Waals surface area (Å²) in [5, 5.41) is 3.94. The molecule has 0 fully saturated rings. The largest absolute Gasteiger partial charge is 0.455 e. The molecular weight excluding hydrogens is 288 g/mol. The van der Waals surface area contributed by atoms with E-state index >= 15 is 0 Å². The van der Waals surface area contributed by atoms with Crippen molar-refractivity contribution in [2.24, 2.45) is 5.10 Å². The molecule has 0 aliphatic heterocycles. The summed E-state index contributed by atoms with van der Waals surface area (Å²) in [5.74, 6) is 1.09. The van der Waals surface area contributed by atoms with E-state index in [1.165, 1.54) is 6.21 Å². The van der Waals surface area contributed by atoms with Crippen LogP contribution in [0.2, 0.25) is 0 Å². The van der Waals surface area contributed by atoms with E-state index in [0.717, 1.165) is 16.9 Å². The van der Waals surface area contributed by atoms with Crippen molar-refractivity contribution >= 4 is 12.1 Å². The molecule has 4 heteroatoms. The molecule has 2 aromatic carbocycles. The molecule has 23 heavy (non-hydrogen) atoms. The second-order valence-electron chi connectivity index (χ2n) is 5.14. The first-order chi connectivity index (χ1) is 11.2. The third-order valence-corrected chi connectivity index (χ3v) is 3.32. The number of hydrogen-bond acceptors (Lipinski definition) is 3. The number of carbonyl (C=O) groups excluding carboxylic acids is 1. The van der Waals surface area contributed by atoms with Crippen LogP contribution in [0.3, 0.4) is 0 Å². The normalized spacial score (nSPS) is 10.8. The number of hydrogen-bond donors (Lipinski definition) is 1. The predicted molar refractivity (Wildman–Crippen MR) is 90.4 cm³/mol. The van der Waals surface area contributed by atoms with E-state index in [2.05, 4.69) is 10.5 Å². The van der Waals surface area contributed by atoms with Gasteiger partial charge in [-0.15, -0.1) is 0 Å². The Morgan fingerprint density at radius 2 is 1.87 bits per heavy atom.